The van der Waals surface area contributed by atoms with E-state index in [4.69, 9.17) is 14.9 Å². The van der Waals surface area contributed by atoms with E-state index in [-0.39, 0.29) is 5.75 Å². The zero-order chi connectivity index (χ0) is 12.6. The number of aryl methyl sites for hydroxylation is 1. The number of phenols is 1. The van der Waals surface area contributed by atoms with E-state index in [9.17, 15) is 4.79 Å². The molecule has 0 saturated heterocycles. The Kier molecular flexibility index (Phi) is 6.76. The minimum Gasteiger partial charge on any atom is -0.504 e. The number of carboxylic acids is 1. The van der Waals surface area contributed by atoms with Crippen LogP contribution in [0.3, 0.4) is 0 Å². The maximum Gasteiger partial charge on any atom is 0.303 e. The van der Waals surface area contributed by atoms with Gasteiger partial charge in [0.15, 0.2) is 11.5 Å². The van der Waals surface area contributed by atoms with Crippen LogP contribution in [0.1, 0.15) is 25.3 Å². The predicted octanol–water partition coefficient (Wildman–Crippen LogP) is 2.58. The van der Waals surface area contributed by atoms with Gasteiger partial charge >= 0.3 is 5.97 Å². The second kappa shape index (κ2) is 7.56. The van der Waals surface area contributed by atoms with Crippen molar-refractivity contribution in [3.63, 3.8) is 0 Å². The van der Waals surface area contributed by atoms with Crippen LogP contribution in [0.15, 0.2) is 18.2 Å². The minimum atomic E-state index is -0.711. The highest BCUT2D eigenvalue weighted by molar-refractivity contribution is 5.66. The number of aromatic hydroxyl groups is 1. The number of carbonyl (C=O) groups is 1. The quantitative estimate of drug-likeness (QED) is 0.831. The molecule has 0 saturated carbocycles. The molecular formula is C12H18O4. The zero-order valence-corrected chi connectivity index (χ0v) is 9.86. The molecule has 16 heavy (non-hydrogen) atoms. The van der Waals surface area contributed by atoms with Crippen molar-refractivity contribution in [1.82, 2.24) is 0 Å². The van der Waals surface area contributed by atoms with Gasteiger partial charge in [-0.05, 0) is 31.0 Å². The van der Waals surface area contributed by atoms with E-state index in [2.05, 4.69) is 0 Å². The number of rotatable bonds is 3. The van der Waals surface area contributed by atoms with Gasteiger partial charge in [0.2, 0.25) is 0 Å². The lowest BCUT2D eigenvalue weighted by molar-refractivity contribution is -0.137. The van der Waals surface area contributed by atoms with Gasteiger partial charge in [0, 0.05) is 6.42 Å². The van der Waals surface area contributed by atoms with Crippen molar-refractivity contribution in [3.8, 4) is 11.5 Å². The SMILES string of the molecule is CCCC(=O)O.COc1cc(C)ccc1O. The van der Waals surface area contributed by atoms with E-state index in [1.54, 1.807) is 12.1 Å². The van der Waals surface area contributed by atoms with Gasteiger partial charge in [-0.25, -0.2) is 0 Å². The number of aliphatic carboxylic acids is 1. The minimum absolute atomic E-state index is 0.188. The van der Waals surface area contributed by atoms with Gasteiger partial charge in [-0.15, -0.1) is 0 Å². The summed E-state index contributed by atoms with van der Waals surface area (Å²) >= 11 is 0. The molecule has 1 aromatic carbocycles. The summed E-state index contributed by atoms with van der Waals surface area (Å²) in [5.74, 6) is 0.00519. The van der Waals surface area contributed by atoms with Crippen molar-refractivity contribution in [3.05, 3.63) is 23.8 Å². The Balaban J connectivity index is 0.000000325. The van der Waals surface area contributed by atoms with E-state index < -0.39 is 5.97 Å². The van der Waals surface area contributed by atoms with Crippen LogP contribution in [-0.4, -0.2) is 23.3 Å². The Morgan fingerprint density at radius 3 is 2.38 bits per heavy atom. The molecule has 0 radical (unpaired) electrons. The molecule has 4 heteroatoms. The third-order valence-electron chi connectivity index (χ3n) is 1.80. The third-order valence-corrected chi connectivity index (χ3v) is 1.80. The number of phenolic OH excluding ortho intramolecular Hbond substituents is 1. The van der Waals surface area contributed by atoms with Crippen LogP contribution < -0.4 is 4.74 Å². The largest absolute Gasteiger partial charge is 0.504 e. The standard InChI is InChI=1S/C8H10O2.C4H8O2/c1-6-3-4-7(9)8(5-6)10-2;1-2-3-4(5)6/h3-5,9H,1-2H3;2-3H2,1H3,(H,5,6). The van der Waals surface area contributed by atoms with Gasteiger partial charge < -0.3 is 14.9 Å². The molecule has 0 atom stereocenters. The highest BCUT2D eigenvalue weighted by Gasteiger charge is 1.97. The number of carboxylic acid groups (broad SMARTS) is 1. The first-order chi connectivity index (χ1) is 7.51. The van der Waals surface area contributed by atoms with Gasteiger partial charge in [0.25, 0.3) is 0 Å². The summed E-state index contributed by atoms with van der Waals surface area (Å²) in [5.41, 5.74) is 1.08. The number of methoxy groups -OCH3 is 1. The van der Waals surface area contributed by atoms with Gasteiger partial charge in [0.1, 0.15) is 0 Å². The monoisotopic (exact) mass is 226 g/mol. The molecule has 0 unspecified atom stereocenters. The van der Waals surface area contributed by atoms with Crippen LogP contribution in [-0.2, 0) is 4.79 Å². The van der Waals surface area contributed by atoms with Crippen molar-refractivity contribution in [2.75, 3.05) is 7.11 Å². The number of benzene rings is 1. The van der Waals surface area contributed by atoms with E-state index >= 15 is 0 Å². The van der Waals surface area contributed by atoms with Crippen LogP contribution in [0, 0.1) is 6.92 Å². The van der Waals surface area contributed by atoms with Crippen molar-refractivity contribution in [1.29, 1.82) is 0 Å². The predicted molar refractivity (Wildman–Crippen MR) is 61.9 cm³/mol. The lowest BCUT2D eigenvalue weighted by Gasteiger charge is -2.02. The van der Waals surface area contributed by atoms with Crippen LogP contribution in [0.25, 0.3) is 0 Å². The molecule has 0 aliphatic heterocycles. The fourth-order valence-corrected chi connectivity index (χ4v) is 0.999. The Labute approximate surface area is 95.5 Å². The fourth-order valence-electron chi connectivity index (χ4n) is 0.999. The lowest BCUT2D eigenvalue weighted by Crippen LogP contribution is -1.90. The highest BCUT2D eigenvalue weighted by Crippen LogP contribution is 2.25. The van der Waals surface area contributed by atoms with Crippen LogP contribution >= 0.6 is 0 Å². The molecule has 0 amide bonds. The second-order valence-electron chi connectivity index (χ2n) is 3.32. The maximum atomic E-state index is 9.60. The highest BCUT2D eigenvalue weighted by atomic mass is 16.5. The van der Waals surface area contributed by atoms with Crippen LogP contribution in [0.2, 0.25) is 0 Å². The molecule has 0 spiro atoms. The Bertz CT molecular complexity index is 334. The fraction of sp³-hybridized carbons (Fsp3) is 0.417. The molecule has 1 rings (SSSR count). The summed E-state index contributed by atoms with van der Waals surface area (Å²) in [5, 5.41) is 17.0. The summed E-state index contributed by atoms with van der Waals surface area (Å²) in [6.07, 6.45) is 1.02. The Morgan fingerprint density at radius 2 is 2.06 bits per heavy atom. The smallest absolute Gasteiger partial charge is 0.303 e. The van der Waals surface area contributed by atoms with Crippen molar-refractivity contribution in [2.24, 2.45) is 0 Å². The van der Waals surface area contributed by atoms with Crippen molar-refractivity contribution >= 4 is 5.97 Å². The zero-order valence-electron chi connectivity index (χ0n) is 9.86. The molecule has 0 aromatic heterocycles. The summed E-state index contributed by atoms with van der Waals surface area (Å²) in [6, 6.07) is 5.24. The molecule has 0 aliphatic carbocycles. The average molecular weight is 226 g/mol. The van der Waals surface area contributed by atoms with Gasteiger partial charge in [-0.1, -0.05) is 13.0 Å². The van der Waals surface area contributed by atoms with E-state index in [1.165, 1.54) is 7.11 Å². The third kappa shape index (κ3) is 5.90. The average Bonchev–Trinajstić information content (AvgIpc) is 2.22. The normalized spacial score (nSPS) is 8.94. The maximum absolute atomic E-state index is 9.60. The first-order valence-electron chi connectivity index (χ1n) is 5.06. The molecular weight excluding hydrogens is 208 g/mol. The summed E-state index contributed by atoms with van der Waals surface area (Å²) in [4.78, 5) is 9.60. The molecule has 0 bridgehead atoms. The molecule has 90 valence electrons. The molecule has 4 nitrogen and oxygen atoms in total. The molecule has 2 N–H and O–H groups in total. The second-order valence-corrected chi connectivity index (χ2v) is 3.32. The first kappa shape index (κ1) is 14.3. The number of ether oxygens (including phenoxy) is 1. The number of hydrogen-bond acceptors (Lipinski definition) is 3. The van der Waals surface area contributed by atoms with Crippen LogP contribution in [0.4, 0.5) is 0 Å². The molecule has 0 aliphatic rings. The van der Waals surface area contributed by atoms with Gasteiger partial charge in [0.05, 0.1) is 7.11 Å². The van der Waals surface area contributed by atoms with Crippen LogP contribution in [0.5, 0.6) is 11.5 Å². The molecule has 1 aromatic rings. The Hall–Kier alpha value is -1.71. The lowest BCUT2D eigenvalue weighted by atomic mass is 10.2. The topological polar surface area (TPSA) is 66.8 Å². The first-order valence-corrected chi connectivity index (χ1v) is 5.06. The summed E-state index contributed by atoms with van der Waals surface area (Å²) < 4.78 is 4.88. The number of hydrogen-bond donors (Lipinski definition) is 2. The Morgan fingerprint density at radius 1 is 1.44 bits per heavy atom. The summed E-state index contributed by atoms with van der Waals surface area (Å²) in [7, 11) is 1.54. The van der Waals surface area contributed by atoms with Crippen molar-refractivity contribution < 1.29 is 19.7 Å². The molecule has 0 heterocycles. The van der Waals surface area contributed by atoms with E-state index in [1.807, 2.05) is 19.9 Å². The van der Waals surface area contributed by atoms with Gasteiger partial charge in [-0.3, -0.25) is 4.79 Å². The van der Waals surface area contributed by atoms with Crippen molar-refractivity contribution in [2.45, 2.75) is 26.7 Å². The van der Waals surface area contributed by atoms with E-state index in [0.29, 0.717) is 12.2 Å². The van der Waals surface area contributed by atoms with E-state index in [0.717, 1.165) is 12.0 Å². The summed E-state index contributed by atoms with van der Waals surface area (Å²) in [6.45, 7) is 3.79. The molecule has 0 fully saturated rings. The van der Waals surface area contributed by atoms with Gasteiger partial charge in [-0.2, -0.15) is 0 Å².